The standard InChI is InChI=1S/C8H13N3O2S/c12-14(13,6-7-1-2-7)10-5-8-3-4-9-11-8/h3-4,7,10H,1-2,5-6H2,(H,9,11). The zero-order valence-electron chi connectivity index (χ0n) is 7.73. The number of nitrogens with zero attached hydrogens (tertiary/aromatic N) is 1. The average Bonchev–Trinajstić information content (AvgIpc) is 2.78. The molecule has 2 rings (SSSR count). The van der Waals surface area contributed by atoms with Crippen molar-refractivity contribution in [2.24, 2.45) is 5.92 Å². The quantitative estimate of drug-likeness (QED) is 0.738. The van der Waals surface area contributed by atoms with E-state index in [9.17, 15) is 8.42 Å². The maximum Gasteiger partial charge on any atom is 0.212 e. The van der Waals surface area contributed by atoms with Crippen molar-refractivity contribution in [3.05, 3.63) is 18.0 Å². The van der Waals surface area contributed by atoms with Gasteiger partial charge in [0.05, 0.1) is 18.0 Å². The van der Waals surface area contributed by atoms with E-state index in [2.05, 4.69) is 14.9 Å². The molecule has 0 radical (unpaired) electrons. The van der Waals surface area contributed by atoms with E-state index in [1.54, 1.807) is 12.3 Å². The van der Waals surface area contributed by atoms with Gasteiger partial charge in [0.2, 0.25) is 10.0 Å². The van der Waals surface area contributed by atoms with Gasteiger partial charge in [-0.3, -0.25) is 5.10 Å². The lowest BCUT2D eigenvalue weighted by Crippen LogP contribution is -2.26. The van der Waals surface area contributed by atoms with E-state index in [0.29, 0.717) is 12.5 Å². The fourth-order valence-electron chi connectivity index (χ4n) is 1.22. The largest absolute Gasteiger partial charge is 0.281 e. The molecule has 1 aliphatic carbocycles. The first kappa shape index (κ1) is 9.67. The van der Waals surface area contributed by atoms with E-state index in [4.69, 9.17) is 0 Å². The predicted molar refractivity (Wildman–Crippen MR) is 51.9 cm³/mol. The molecule has 0 saturated heterocycles. The molecule has 0 aromatic carbocycles. The molecule has 1 aromatic rings. The van der Waals surface area contributed by atoms with E-state index in [0.717, 1.165) is 18.5 Å². The van der Waals surface area contributed by atoms with Crippen LogP contribution in [0.2, 0.25) is 0 Å². The van der Waals surface area contributed by atoms with Crippen molar-refractivity contribution >= 4 is 10.0 Å². The van der Waals surface area contributed by atoms with E-state index < -0.39 is 10.0 Å². The fourth-order valence-corrected chi connectivity index (χ4v) is 2.67. The SMILES string of the molecule is O=S(=O)(CC1CC1)NCc1ccn[nH]1. The van der Waals surface area contributed by atoms with Crippen LogP contribution < -0.4 is 4.72 Å². The lowest BCUT2D eigenvalue weighted by atomic mass is 10.4. The zero-order chi connectivity index (χ0) is 10.0. The molecule has 1 heterocycles. The molecule has 1 aromatic heterocycles. The number of sulfonamides is 1. The van der Waals surface area contributed by atoms with Crippen molar-refractivity contribution < 1.29 is 8.42 Å². The smallest absolute Gasteiger partial charge is 0.212 e. The summed E-state index contributed by atoms with van der Waals surface area (Å²) in [7, 11) is -3.09. The van der Waals surface area contributed by atoms with E-state index in [-0.39, 0.29) is 5.75 Å². The van der Waals surface area contributed by atoms with Crippen LogP contribution in [-0.4, -0.2) is 24.4 Å². The Morgan fingerprint density at radius 3 is 2.93 bits per heavy atom. The lowest BCUT2D eigenvalue weighted by molar-refractivity contribution is 0.576. The molecule has 1 fully saturated rings. The highest BCUT2D eigenvalue weighted by Gasteiger charge is 2.27. The van der Waals surface area contributed by atoms with Gasteiger partial charge in [0.25, 0.3) is 0 Å². The second-order valence-corrected chi connectivity index (χ2v) is 5.48. The van der Waals surface area contributed by atoms with Crippen LogP contribution >= 0.6 is 0 Å². The van der Waals surface area contributed by atoms with Crippen molar-refractivity contribution in [1.82, 2.24) is 14.9 Å². The molecule has 6 heteroatoms. The molecule has 1 saturated carbocycles. The summed E-state index contributed by atoms with van der Waals surface area (Å²) in [5.74, 6) is 0.649. The van der Waals surface area contributed by atoms with E-state index in [1.165, 1.54) is 0 Å². The summed E-state index contributed by atoms with van der Waals surface area (Å²) in [6.07, 6.45) is 3.69. The number of nitrogens with one attached hydrogen (secondary N) is 2. The Morgan fingerprint density at radius 2 is 2.36 bits per heavy atom. The minimum atomic E-state index is -3.09. The second-order valence-electron chi connectivity index (χ2n) is 3.63. The highest BCUT2D eigenvalue weighted by molar-refractivity contribution is 7.89. The number of rotatable bonds is 5. The number of H-pyrrole nitrogens is 1. The average molecular weight is 215 g/mol. The number of hydrogen-bond acceptors (Lipinski definition) is 3. The third-order valence-corrected chi connectivity index (χ3v) is 3.69. The predicted octanol–water partition coefficient (Wildman–Crippen LogP) is 0.239. The Hall–Kier alpha value is -0.880. The van der Waals surface area contributed by atoms with Gasteiger partial charge in [0.15, 0.2) is 0 Å². The molecular formula is C8H13N3O2S. The maximum atomic E-state index is 11.4. The normalized spacial score (nSPS) is 17.1. The number of aromatic amines is 1. The lowest BCUT2D eigenvalue weighted by Gasteiger charge is -2.03. The van der Waals surface area contributed by atoms with Gasteiger partial charge < -0.3 is 0 Å². The Morgan fingerprint density at radius 1 is 1.57 bits per heavy atom. The summed E-state index contributed by atoms with van der Waals surface area (Å²) >= 11 is 0. The highest BCUT2D eigenvalue weighted by Crippen LogP contribution is 2.29. The zero-order valence-corrected chi connectivity index (χ0v) is 8.55. The van der Waals surface area contributed by atoms with Gasteiger partial charge in [-0.1, -0.05) is 0 Å². The van der Waals surface area contributed by atoms with Crippen molar-refractivity contribution in [2.45, 2.75) is 19.4 Å². The van der Waals surface area contributed by atoms with Crippen LogP contribution in [-0.2, 0) is 16.6 Å². The van der Waals surface area contributed by atoms with Crippen molar-refractivity contribution in [3.8, 4) is 0 Å². The molecule has 2 N–H and O–H groups in total. The third-order valence-electron chi connectivity index (χ3n) is 2.19. The van der Waals surface area contributed by atoms with Gasteiger partial charge in [-0.2, -0.15) is 5.10 Å². The molecular weight excluding hydrogens is 202 g/mol. The Bertz CT molecular complexity index is 381. The number of hydrogen-bond donors (Lipinski definition) is 2. The number of aromatic nitrogens is 2. The van der Waals surface area contributed by atoms with Crippen molar-refractivity contribution in [1.29, 1.82) is 0 Å². The van der Waals surface area contributed by atoms with E-state index in [1.807, 2.05) is 0 Å². The molecule has 5 nitrogen and oxygen atoms in total. The Balaban J connectivity index is 1.84. The van der Waals surface area contributed by atoms with Crippen molar-refractivity contribution in [2.75, 3.05) is 5.75 Å². The van der Waals surface area contributed by atoms with Gasteiger partial charge in [-0.05, 0) is 24.8 Å². The van der Waals surface area contributed by atoms with Crippen LogP contribution in [0, 0.1) is 5.92 Å². The molecule has 0 unspecified atom stereocenters. The van der Waals surface area contributed by atoms with Crippen LogP contribution in [0.25, 0.3) is 0 Å². The minimum Gasteiger partial charge on any atom is -0.281 e. The van der Waals surface area contributed by atoms with Gasteiger partial charge in [-0.15, -0.1) is 0 Å². The topological polar surface area (TPSA) is 74.8 Å². The molecule has 0 atom stereocenters. The second kappa shape index (κ2) is 3.70. The molecule has 0 bridgehead atoms. The minimum absolute atomic E-state index is 0.265. The summed E-state index contributed by atoms with van der Waals surface area (Å²) < 4.78 is 25.4. The van der Waals surface area contributed by atoms with Gasteiger partial charge in [0, 0.05) is 6.20 Å². The van der Waals surface area contributed by atoms with Crippen LogP contribution in [0.15, 0.2) is 12.3 Å². The monoisotopic (exact) mass is 215 g/mol. The molecule has 1 aliphatic rings. The summed E-state index contributed by atoms with van der Waals surface area (Å²) in [5.41, 5.74) is 0.782. The first-order chi connectivity index (χ1) is 6.66. The molecule has 0 aliphatic heterocycles. The summed E-state index contributed by atoms with van der Waals surface area (Å²) in [5, 5.41) is 6.44. The van der Waals surface area contributed by atoms with E-state index >= 15 is 0 Å². The Labute approximate surface area is 83.0 Å². The van der Waals surface area contributed by atoms with Crippen LogP contribution in [0.4, 0.5) is 0 Å². The Kier molecular flexibility index (Phi) is 2.56. The first-order valence-corrected chi connectivity index (χ1v) is 6.26. The first-order valence-electron chi connectivity index (χ1n) is 4.61. The summed E-state index contributed by atoms with van der Waals surface area (Å²) in [6, 6.07) is 1.75. The molecule has 0 spiro atoms. The molecule has 0 amide bonds. The fraction of sp³-hybridized carbons (Fsp3) is 0.625. The molecule has 78 valence electrons. The third kappa shape index (κ3) is 2.81. The van der Waals surface area contributed by atoms with Crippen LogP contribution in [0.1, 0.15) is 18.5 Å². The van der Waals surface area contributed by atoms with Crippen LogP contribution in [0.5, 0.6) is 0 Å². The highest BCUT2D eigenvalue weighted by atomic mass is 32.2. The maximum absolute atomic E-state index is 11.4. The van der Waals surface area contributed by atoms with Gasteiger partial charge in [-0.25, -0.2) is 13.1 Å². The molecule has 14 heavy (non-hydrogen) atoms. The van der Waals surface area contributed by atoms with Gasteiger partial charge in [0.1, 0.15) is 0 Å². The van der Waals surface area contributed by atoms with Crippen LogP contribution in [0.3, 0.4) is 0 Å². The van der Waals surface area contributed by atoms with Gasteiger partial charge >= 0.3 is 0 Å². The van der Waals surface area contributed by atoms with Crippen molar-refractivity contribution in [3.63, 3.8) is 0 Å². The summed E-state index contributed by atoms with van der Waals surface area (Å²) in [4.78, 5) is 0. The summed E-state index contributed by atoms with van der Waals surface area (Å²) in [6.45, 7) is 0.301.